The van der Waals surface area contributed by atoms with E-state index in [1.54, 1.807) is 7.11 Å². The van der Waals surface area contributed by atoms with E-state index in [4.69, 9.17) is 9.72 Å². The lowest BCUT2D eigenvalue weighted by Crippen LogP contribution is -2.35. The highest BCUT2D eigenvalue weighted by molar-refractivity contribution is 5.23. The minimum atomic E-state index is 0.190. The minimum absolute atomic E-state index is 0.190. The van der Waals surface area contributed by atoms with Gasteiger partial charge in [0.1, 0.15) is 0 Å². The van der Waals surface area contributed by atoms with Gasteiger partial charge in [0, 0.05) is 31.5 Å². The van der Waals surface area contributed by atoms with Gasteiger partial charge in [0.05, 0.1) is 6.61 Å². The van der Waals surface area contributed by atoms with Crippen LogP contribution in [-0.2, 0) is 10.2 Å². The number of methoxy groups -OCH3 is 1. The quantitative estimate of drug-likeness (QED) is 0.844. The average Bonchev–Trinajstić information content (AvgIpc) is 2.45. The Labute approximate surface area is 123 Å². The van der Waals surface area contributed by atoms with Gasteiger partial charge in [-0.05, 0) is 43.0 Å². The summed E-state index contributed by atoms with van der Waals surface area (Å²) in [6.45, 7) is 10.9. The number of aromatic nitrogens is 1. The molecule has 112 valence electrons. The van der Waals surface area contributed by atoms with Crippen molar-refractivity contribution in [2.24, 2.45) is 0 Å². The Hall–Kier alpha value is -0.930. The molecular weight excluding hydrogens is 248 g/mol. The SMILES string of the molecule is COCCN1CCC(c2ccc(C(C)(C)C)cn2)CC1. The molecule has 1 aromatic rings. The van der Waals surface area contributed by atoms with E-state index in [0.29, 0.717) is 5.92 Å². The van der Waals surface area contributed by atoms with Crippen molar-refractivity contribution in [1.29, 1.82) is 0 Å². The topological polar surface area (TPSA) is 25.4 Å². The van der Waals surface area contributed by atoms with Crippen LogP contribution in [-0.4, -0.2) is 43.2 Å². The van der Waals surface area contributed by atoms with Crippen molar-refractivity contribution in [3.63, 3.8) is 0 Å². The first-order chi connectivity index (χ1) is 9.50. The summed E-state index contributed by atoms with van der Waals surface area (Å²) in [5.74, 6) is 0.628. The first kappa shape index (κ1) is 15.5. The summed E-state index contributed by atoms with van der Waals surface area (Å²) in [5.41, 5.74) is 2.78. The lowest BCUT2D eigenvalue weighted by atomic mass is 9.87. The second-order valence-electron chi connectivity index (χ2n) is 6.83. The molecule has 1 saturated heterocycles. The van der Waals surface area contributed by atoms with Crippen molar-refractivity contribution in [2.75, 3.05) is 33.4 Å². The molecule has 0 atom stereocenters. The summed E-state index contributed by atoms with van der Waals surface area (Å²) in [6.07, 6.45) is 4.49. The molecule has 0 spiro atoms. The first-order valence-corrected chi connectivity index (χ1v) is 7.68. The number of hydrogen-bond acceptors (Lipinski definition) is 3. The van der Waals surface area contributed by atoms with Crippen LogP contribution >= 0.6 is 0 Å². The van der Waals surface area contributed by atoms with E-state index in [2.05, 4.69) is 44.0 Å². The third-order valence-electron chi connectivity index (χ3n) is 4.27. The van der Waals surface area contributed by atoms with Crippen LogP contribution in [0.15, 0.2) is 18.3 Å². The summed E-state index contributed by atoms with van der Waals surface area (Å²) < 4.78 is 5.15. The van der Waals surface area contributed by atoms with Crippen LogP contribution < -0.4 is 0 Å². The molecule has 2 rings (SSSR count). The van der Waals surface area contributed by atoms with Crippen molar-refractivity contribution < 1.29 is 4.74 Å². The van der Waals surface area contributed by atoms with E-state index in [9.17, 15) is 0 Å². The maximum absolute atomic E-state index is 5.15. The average molecular weight is 276 g/mol. The molecule has 0 saturated carbocycles. The van der Waals surface area contributed by atoms with Crippen LogP contribution in [0.5, 0.6) is 0 Å². The fraction of sp³-hybridized carbons (Fsp3) is 0.706. The fourth-order valence-corrected chi connectivity index (χ4v) is 2.76. The zero-order chi connectivity index (χ0) is 14.6. The summed E-state index contributed by atoms with van der Waals surface area (Å²) in [7, 11) is 1.77. The maximum Gasteiger partial charge on any atom is 0.0589 e. The Morgan fingerprint density at radius 2 is 1.95 bits per heavy atom. The van der Waals surface area contributed by atoms with Crippen LogP contribution in [0, 0.1) is 0 Å². The Balaban J connectivity index is 1.90. The minimum Gasteiger partial charge on any atom is -0.383 e. The van der Waals surface area contributed by atoms with Gasteiger partial charge in [0.25, 0.3) is 0 Å². The highest BCUT2D eigenvalue weighted by Gasteiger charge is 2.22. The van der Waals surface area contributed by atoms with E-state index in [-0.39, 0.29) is 5.41 Å². The second kappa shape index (κ2) is 6.68. The number of likely N-dealkylation sites (tertiary alicyclic amines) is 1. The normalized spacial score (nSPS) is 18.4. The highest BCUT2D eigenvalue weighted by atomic mass is 16.5. The number of hydrogen-bond donors (Lipinski definition) is 0. The predicted molar refractivity (Wildman–Crippen MR) is 83.2 cm³/mol. The zero-order valence-corrected chi connectivity index (χ0v) is 13.4. The molecule has 0 aromatic carbocycles. The molecule has 0 aliphatic carbocycles. The van der Waals surface area contributed by atoms with Crippen molar-refractivity contribution in [3.8, 4) is 0 Å². The monoisotopic (exact) mass is 276 g/mol. The van der Waals surface area contributed by atoms with E-state index >= 15 is 0 Å². The van der Waals surface area contributed by atoms with Crippen molar-refractivity contribution in [2.45, 2.75) is 44.9 Å². The van der Waals surface area contributed by atoms with Gasteiger partial charge in [0.15, 0.2) is 0 Å². The first-order valence-electron chi connectivity index (χ1n) is 7.68. The van der Waals surface area contributed by atoms with Gasteiger partial charge in [-0.2, -0.15) is 0 Å². The van der Waals surface area contributed by atoms with Crippen LogP contribution in [0.1, 0.15) is 50.8 Å². The molecule has 0 N–H and O–H groups in total. The molecular formula is C17H28N2O. The van der Waals surface area contributed by atoms with Crippen molar-refractivity contribution in [3.05, 3.63) is 29.6 Å². The number of ether oxygens (including phenoxy) is 1. The third-order valence-corrected chi connectivity index (χ3v) is 4.27. The molecule has 20 heavy (non-hydrogen) atoms. The lowest BCUT2D eigenvalue weighted by Gasteiger charge is -2.31. The van der Waals surface area contributed by atoms with Gasteiger partial charge < -0.3 is 9.64 Å². The predicted octanol–water partition coefficient (Wildman–Crippen LogP) is 3.20. The van der Waals surface area contributed by atoms with Gasteiger partial charge >= 0.3 is 0 Å². The van der Waals surface area contributed by atoms with Crippen LogP contribution in [0.25, 0.3) is 0 Å². The number of rotatable bonds is 4. The molecule has 1 aliphatic heterocycles. The van der Waals surface area contributed by atoms with Gasteiger partial charge in [0.2, 0.25) is 0 Å². The molecule has 0 bridgehead atoms. The third kappa shape index (κ3) is 4.03. The molecule has 2 heterocycles. The zero-order valence-electron chi connectivity index (χ0n) is 13.4. The molecule has 1 fully saturated rings. The molecule has 3 nitrogen and oxygen atoms in total. The standard InChI is InChI=1S/C17H28N2O/c1-17(2,3)15-5-6-16(18-13-15)14-7-9-19(10-8-14)11-12-20-4/h5-6,13-14H,7-12H2,1-4H3. The molecule has 1 aromatic heterocycles. The van der Waals surface area contributed by atoms with Gasteiger partial charge in [-0.1, -0.05) is 26.8 Å². The highest BCUT2D eigenvalue weighted by Crippen LogP contribution is 2.28. The Morgan fingerprint density at radius 3 is 2.45 bits per heavy atom. The van der Waals surface area contributed by atoms with Crippen molar-refractivity contribution >= 4 is 0 Å². The molecule has 1 aliphatic rings. The summed E-state index contributed by atoms with van der Waals surface area (Å²) in [4.78, 5) is 7.20. The molecule has 0 radical (unpaired) electrons. The largest absolute Gasteiger partial charge is 0.383 e. The molecule has 0 amide bonds. The molecule has 0 unspecified atom stereocenters. The van der Waals surface area contributed by atoms with E-state index in [1.165, 1.54) is 24.1 Å². The van der Waals surface area contributed by atoms with Gasteiger partial charge in [-0.25, -0.2) is 0 Å². The van der Waals surface area contributed by atoms with Crippen molar-refractivity contribution in [1.82, 2.24) is 9.88 Å². The van der Waals surface area contributed by atoms with Crippen LogP contribution in [0.2, 0.25) is 0 Å². The number of nitrogens with zero attached hydrogens (tertiary/aromatic N) is 2. The van der Waals surface area contributed by atoms with E-state index in [1.807, 2.05) is 0 Å². The summed E-state index contributed by atoms with van der Waals surface area (Å²) in [5, 5.41) is 0. The molecule has 3 heteroatoms. The van der Waals surface area contributed by atoms with Gasteiger partial charge in [-0.3, -0.25) is 4.98 Å². The Morgan fingerprint density at radius 1 is 1.25 bits per heavy atom. The van der Waals surface area contributed by atoms with Crippen LogP contribution in [0.3, 0.4) is 0 Å². The lowest BCUT2D eigenvalue weighted by molar-refractivity contribution is 0.130. The Bertz CT molecular complexity index is 400. The number of piperidine rings is 1. The Kier molecular flexibility index (Phi) is 5.17. The van der Waals surface area contributed by atoms with E-state index in [0.717, 1.165) is 26.2 Å². The van der Waals surface area contributed by atoms with Crippen LogP contribution in [0.4, 0.5) is 0 Å². The summed E-state index contributed by atoms with van der Waals surface area (Å²) >= 11 is 0. The smallest absolute Gasteiger partial charge is 0.0589 e. The van der Waals surface area contributed by atoms with E-state index < -0.39 is 0 Å². The fourth-order valence-electron chi connectivity index (χ4n) is 2.76. The van der Waals surface area contributed by atoms with Gasteiger partial charge in [-0.15, -0.1) is 0 Å². The maximum atomic E-state index is 5.15. The summed E-state index contributed by atoms with van der Waals surface area (Å²) in [6, 6.07) is 4.48. The number of pyridine rings is 1. The second-order valence-corrected chi connectivity index (χ2v) is 6.83.